The predicted octanol–water partition coefficient (Wildman–Crippen LogP) is 10.0. The fourth-order valence-electron chi connectivity index (χ4n) is 6.55. The zero-order valence-electron chi connectivity index (χ0n) is 25.9. The molecule has 0 saturated carbocycles. The Morgan fingerprint density at radius 3 is 1.91 bits per heavy atom. The Hall–Kier alpha value is -5.58. The van der Waals surface area contributed by atoms with Crippen LogP contribution < -0.4 is 5.19 Å². The molecule has 0 N–H and O–H groups in total. The molecule has 5 aromatic carbocycles. The van der Waals surface area contributed by atoms with Gasteiger partial charge in [-0.1, -0.05) is 152 Å². The van der Waals surface area contributed by atoms with Crippen LogP contribution in [-0.4, -0.2) is 22.6 Å². The molecule has 0 atom stereocenters. The molecule has 0 saturated heterocycles. The van der Waals surface area contributed by atoms with Crippen molar-refractivity contribution in [3.8, 4) is 28.5 Å². The van der Waals surface area contributed by atoms with Gasteiger partial charge in [0.25, 0.3) is 0 Å². The summed E-state index contributed by atoms with van der Waals surface area (Å²) in [5.41, 5.74) is 12.2. The number of benzene rings is 5. The molecule has 46 heavy (non-hydrogen) atoms. The summed E-state index contributed by atoms with van der Waals surface area (Å²) in [5.74, 6) is 0.660. The molecule has 0 bridgehead atoms. The molecular weight excluding hydrogens is 575 g/mol. The van der Waals surface area contributed by atoms with Crippen LogP contribution in [-0.2, 0) is 0 Å². The van der Waals surface area contributed by atoms with Gasteiger partial charge in [0.15, 0.2) is 0 Å². The Morgan fingerprint density at radius 1 is 0.543 bits per heavy atom. The molecule has 3 nitrogen and oxygen atoms in total. The first-order valence-electron chi connectivity index (χ1n) is 15.8. The number of allylic oxidation sites excluding steroid dienone is 4. The maximum absolute atomic E-state index is 5.18. The molecule has 2 aromatic heterocycles. The van der Waals surface area contributed by atoms with Crippen molar-refractivity contribution in [1.82, 2.24) is 14.5 Å². The minimum Gasteiger partial charge on any atom is -0.278 e. The largest absolute Gasteiger partial charge is 0.278 e. The fourth-order valence-corrected chi connectivity index (χ4v) is 8.75. The van der Waals surface area contributed by atoms with E-state index in [1.54, 1.807) is 0 Å². The van der Waals surface area contributed by atoms with Gasteiger partial charge >= 0.3 is 0 Å². The Kier molecular flexibility index (Phi) is 6.93. The van der Waals surface area contributed by atoms with Gasteiger partial charge in [0, 0.05) is 21.9 Å². The van der Waals surface area contributed by atoms with Crippen molar-refractivity contribution >= 4 is 46.7 Å². The maximum Gasteiger partial charge on any atom is 0.235 e. The highest BCUT2D eigenvalue weighted by molar-refractivity contribution is 6.94. The number of hydrogen-bond donors (Lipinski definition) is 0. The normalized spacial score (nSPS) is 16.5. The van der Waals surface area contributed by atoms with Crippen molar-refractivity contribution in [1.29, 1.82) is 0 Å². The van der Waals surface area contributed by atoms with Gasteiger partial charge in [0.1, 0.15) is 8.07 Å². The van der Waals surface area contributed by atoms with Crippen LogP contribution in [0.4, 0.5) is 0 Å². The molecule has 0 aliphatic carbocycles. The first-order chi connectivity index (χ1) is 22.5. The van der Waals surface area contributed by atoms with Gasteiger partial charge in [-0.15, -0.1) is 0 Å². The van der Waals surface area contributed by atoms with Gasteiger partial charge in [-0.3, -0.25) is 4.57 Å². The second kappa shape index (κ2) is 11.4. The summed E-state index contributed by atoms with van der Waals surface area (Å²) >= 11 is 0. The zero-order chi connectivity index (χ0) is 31.1. The summed E-state index contributed by atoms with van der Waals surface area (Å²) in [7, 11) is -1.72. The minimum absolute atomic E-state index is 0.660. The van der Waals surface area contributed by atoms with E-state index in [-0.39, 0.29) is 0 Å². The van der Waals surface area contributed by atoms with E-state index < -0.39 is 8.07 Å². The Bertz CT molecular complexity index is 2270. The van der Waals surface area contributed by atoms with Gasteiger partial charge < -0.3 is 0 Å². The van der Waals surface area contributed by atoms with Crippen molar-refractivity contribution in [3.05, 3.63) is 169 Å². The number of hydrogen-bond acceptors (Lipinski definition) is 2. The van der Waals surface area contributed by atoms with Crippen LogP contribution in [0.2, 0.25) is 13.1 Å². The monoisotopic (exact) mass is 607 g/mol. The third-order valence-electron chi connectivity index (χ3n) is 8.95. The topological polar surface area (TPSA) is 30.7 Å². The van der Waals surface area contributed by atoms with Crippen molar-refractivity contribution in [2.45, 2.75) is 13.1 Å². The van der Waals surface area contributed by atoms with E-state index >= 15 is 0 Å². The lowest BCUT2D eigenvalue weighted by atomic mass is 10.0. The molecule has 0 spiro atoms. The molecule has 7 aromatic rings. The molecule has 220 valence electrons. The summed E-state index contributed by atoms with van der Waals surface area (Å²) in [6, 6.07) is 47.0. The van der Waals surface area contributed by atoms with Crippen LogP contribution in [0.5, 0.6) is 0 Å². The van der Waals surface area contributed by atoms with E-state index in [1.807, 2.05) is 12.1 Å². The standard InChI is InChI=1S/C42H33N3Si/c1-46(2)27-13-19-30(23-24-33-18-9-12-22-41(33)46)34-25-26-40-36(28-34)35-20-10-11-21-39(35)45(40)42-43-37(31-14-5-3-6-15-31)29-38(44-42)32-16-7-4-8-17-32/h3-29H,1-2H3/b24-23+,27-13+,30-19+. The first kappa shape index (κ1) is 27.9. The van der Waals surface area contributed by atoms with E-state index in [0.29, 0.717) is 5.95 Å². The van der Waals surface area contributed by atoms with Crippen molar-refractivity contribution in [2.75, 3.05) is 0 Å². The molecular formula is C42H33N3Si. The second-order valence-electron chi connectivity index (χ2n) is 12.4. The number of rotatable bonds is 4. The first-order valence-corrected chi connectivity index (χ1v) is 18.8. The van der Waals surface area contributed by atoms with E-state index in [1.165, 1.54) is 32.7 Å². The Balaban J connectivity index is 1.32. The zero-order valence-corrected chi connectivity index (χ0v) is 26.9. The predicted molar refractivity (Wildman–Crippen MR) is 197 cm³/mol. The van der Waals surface area contributed by atoms with Crippen LogP contribution in [0.1, 0.15) is 11.1 Å². The lowest BCUT2D eigenvalue weighted by Gasteiger charge is -2.20. The summed E-state index contributed by atoms with van der Waals surface area (Å²) in [6.07, 6.45) is 9.06. The molecule has 0 radical (unpaired) electrons. The number of para-hydroxylation sites is 1. The van der Waals surface area contributed by atoms with Gasteiger partial charge in [-0.2, -0.15) is 0 Å². The van der Waals surface area contributed by atoms with Gasteiger partial charge in [-0.25, -0.2) is 9.97 Å². The lowest BCUT2D eigenvalue weighted by Crippen LogP contribution is -2.41. The fraction of sp³-hybridized carbons (Fsp3) is 0.0476. The van der Waals surface area contributed by atoms with Crippen LogP contribution in [0, 0.1) is 0 Å². The second-order valence-corrected chi connectivity index (χ2v) is 16.7. The van der Waals surface area contributed by atoms with Crippen molar-refractivity contribution < 1.29 is 0 Å². The third-order valence-corrected chi connectivity index (χ3v) is 11.8. The van der Waals surface area contributed by atoms with E-state index in [9.17, 15) is 0 Å². The van der Waals surface area contributed by atoms with Crippen LogP contribution >= 0.6 is 0 Å². The maximum atomic E-state index is 5.18. The van der Waals surface area contributed by atoms with Crippen LogP contribution in [0.3, 0.4) is 0 Å². The average molecular weight is 608 g/mol. The summed E-state index contributed by atoms with van der Waals surface area (Å²) in [5, 5.41) is 3.82. The summed E-state index contributed by atoms with van der Waals surface area (Å²) in [6.45, 7) is 4.82. The number of aromatic nitrogens is 3. The van der Waals surface area contributed by atoms with Crippen LogP contribution in [0.25, 0.3) is 61.9 Å². The highest BCUT2D eigenvalue weighted by atomic mass is 28.3. The molecule has 0 fully saturated rings. The van der Waals surface area contributed by atoms with Gasteiger partial charge in [-0.05, 0) is 46.2 Å². The van der Waals surface area contributed by atoms with E-state index in [4.69, 9.17) is 9.97 Å². The quantitative estimate of drug-likeness (QED) is 0.186. The third kappa shape index (κ3) is 5.03. The highest BCUT2D eigenvalue weighted by Crippen LogP contribution is 2.35. The SMILES string of the molecule is C[Si]1(C)/C=C/C=C(c2ccc3c(c2)c2ccccc2n3-c2nc(-c3ccccc3)cc(-c3ccccc3)n2)\C=C\c2ccccc21. The Morgan fingerprint density at radius 2 is 1.17 bits per heavy atom. The van der Waals surface area contributed by atoms with Gasteiger partial charge in [0.05, 0.1) is 22.4 Å². The Labute approximate surface area is 270 Å². The van der Waals surface area contributed by atoms with Crippen molar-refractivity contribution in [3.63, 3.8) is 0 Å². The van der Waals surface area contributed by atoms with E-state index in [2.05, 4.69) is 169 Å². The molecule has 0 amide bonds. The highest BCUT2D eigenvalue weighted by Gasteiger charge is 2.23. The number of fused-ring (bicyclic) bond motifs is 4. The smallest absolute Gasteiger partial charge is 0.235 e. The molecule has 3 heterocycles. The van der Waals surface area contributed by atoms with Crippen molar-refractivity contribution in [2.24, 2.45) is 0 Å². The summed E-state index contributed by atoms with van der Waals surface area (Å²) < 4.78 is 2.21. The molecule has 4 heteroatoms. The lowest BCUT2D eigenvalue weighted by molar-refractivity contribution is 0.995. The molecule has 0 unspecified atom stereocenters. The summed E-state index contributed by atoms with van der Waals surface area (Å²) in [4.78, 5) is 10.4. The minimum atomic E-state index is -1.72. The molecule has 1 aliphatic heterocycles. The number of nitrogens with zero attached hydrogens (tertiary/aromatic N) is 3. The van der Waals surface area contributed by atoms with E-state index in [0.717, 1.165) is 33.5 Å². The average Bonchev–Trinajstić information content (AvgIpc) is 3.46. The molecule has 1 aliphatic rings. The van der Waals surface area contributed by atoms with Gasteiger partial charge in [0.2, 0.25) is 5.95 Å². The molecule has 8 rings (SSSR count). The van der Waals surface area contributed by atoms with Crippen LogP contribution in [0.15, 0.2) is 157 Å².